The van der Waals surface area contributed by atoms with E-state index < -0.39 is 0 Å². The van der Waals surface area contributed by atoms with Crippen molar-refractivity contribution < 1.29 is 18.8 Å². The number of rotatable bonds is 4. The normalized spacial score (nSPS) is 17.5. The van der Waals surface area contributed by atoms with Crippen molar-refractivity contribution in [2.24, 2.45) is 0 Å². The Labute approximate surface area is 200 Å². The van der Waals surface area contributed by atoms with E-state index >= 15 is 0 Å². The summed E-state index contributed by atoms with van der Waals surface area (Å²) in [6, 6.07) is 9.85. The van der Waals surface area contributed by atoms with Crippen LogP contribution in [0.1, 0.15) is 21.6 Å². The van der Waals surface area contributed by atoms with Crippen LogP contribution >= 0.6 is 0 Å². The number of ether oxygens (including phenoxy) is 1. The van der Waals surface area contributed by atoms with E-state index in [2.05, 4.69) is 20.4 Å². The average molecular weight is 473 g/mol. The van der Waals surface area contributed by atoms with Gasteiger partial charge in [-0.15, -0.1) is 0 Å². The van der Waals surface area contributed by atoms with Crippen LogP contribution in [0.15, 0.2) is 47.2 Å². The highest BCUT2D eigenvalue weighted by Gasteiger charge is 2.38. The summed E-state index contributed by atoms with van der Waals surface area (Å²) >= 11 is 0. The Morgan fingerprint density at radius 3 is 2.94 bits per heavy atom. The quantitative estimate of drug-likeness (QED) is 0.481. The fraction of sp³-hybridized carbons (Fsp3) is 0.292. The third-order valence-electron chi connectivity index (χ3n) is 6.45. The average Bonchev–Trinajstić information content (AvgIpc) is 3.59. The van der Waals surface area contributed by atoms with E-state index in [-0.39, 0.29) is 18.0 Å². The summed E-state index contributed by atoms with van der Waals surface area (Å²) in [5.41, 5.74) is 4.50. The number of aromatic nitrogens is 4. The van der Waals surface area contributed by atoms with E-state index in [1.165, 1.54) is 0 Å². The number of pyridine rings is 1. The minimum atomic E-state index is -0.269. The third kappa shape index (κ3) is 3.74. The predicted octanol–water partition coefficient (Wildman–Crippen LogP) is 2.89. The number of amides is 2. The molecule has 2 fully saturated rings. The lowest BCUT2D eigenvalue weighted by molar-refractivity contribution is 0.102. The molecule has 4 aromatic rings. The standard InChI is InChI=1S/C24H23N7O4/c1-14-5-6-31-19(11-25-20(31)9-14)22(32)26-18-10-16(4-3-15(18)2)21-27-23(35-28-21)29-7-8-30-17(12-29)13-34-24(30)33/h3-6,9-11,17H,7-8,12-13H2,1-2H3,(H,26,32)/t17-/m0/s1. The van der Waals surface area contributed by atoms with Gasteiger partial charge < -0.3 is 19.5 Å². The van der Waals surface area contributed by atoms with E-state index in [1.54, 1.807) is 15.5 Å². The van der Waals surface area contributed by atoms with Gasteiger partial charge in [0, 0.05) is 37.1 Å². The highest BCUT2D eigenvalue weighted by atomic mass is 16.6. The van der Waals surface area contributed by atoms with Crippen molar-refractivity contribution >= 4 is 29.3 Å². The second-order valence-electron chi connectivity index (χ2n) is 8.83. The molecule has 0 unspecified atom stereocenters. The van der Waals surface area contributed by atoms with Crippen LogP contribution in [0, 0.1) is 13.8 Å². The molecule has 11 heteroatoms. The van der Waals surface area contributed by atoms with Gasteiger partial charge >= 0.3 is 12.1 Å². The molecule has 35 heavy (non-hydrogen) atoms. The lowest BCUT2D eigenvalue weighted by Crippen LogP contribution is -2.52. The van der Waals surface area contributed by atoms with Crippen molar-refractivity contribution in [1.82, 2.24) is 24.4 Å². The van der Waals surface area contributed by atoms with Crippen LogP contribution in [-0.2, 0) is 4.74 Å². The molecular formula is C24H23N7O4. The second-order valence-corrected chi connectivity index (χ2v) is 8.83. The molecule has 0 bridgehead atoms. The summed E-state index contributed by atoms with van der Waals surface area (Å²) in [6.45, 7) is 5.97. The van der Waals surface area contributed by atoms with Gasteiger partial charge in [0.15, 0.2) is 0 Å². The van der Waals surface area contributed by atoms with Gasteiger partial charge in [0.1, 0.15) is 17.9 Å². The van der Waals surface area contributed by atoms with Crippen LogP contribution < -0.4 is 10.2 Å². The summed E-state index contributed by atoms with van der Waals surface area (Å²) in [7, 11) is 0. The van der Waals surface area contributed by atoms with Crippen molar-refractivity contribution in [1.29, 1.82) is 0 Å². The van der Waals surface area contributed by atoms with Crippen LogP contribution in [0.4, 0.5) is 16.5 Å². The molecule has 1 aromatic carbocycles. The van der Waals surface area contributed by atoms with E-state index in [9.17, 15) is 9.59 Å². The maximum atomic E-state index is 13.0. The maximum absolute atomic E-state index is 13.0. The fourth-order valence-corrected chi connectivity index (χ4v) is 4.46. The smallest absolute Gasteiger partial charge is 0.410 e. The molecule has 1 N–H and O–H groups in total. The number of imidazole rings is 1. The van der Waals surface area contributed by atoms with Crippen LogP contribution in [0.5, 0.6) is 0 Å². The summed E-state index contributed by atoms with van der Waals surface area (Å²) in [5, 5.41) is 7.13. The minimum absolute atomic E-state index is 0.0173. The predicted molar refractivity (Wildman–Crippen MR) is 126 cm³/mol. The van der Waals surface area contributed by atoms with Gasteiger partial charge in [0.2, 0.25) is 5.82 Å². The number of anilines is 2. The molecular weight excluding hydrogens is 450 g/mol. The van der Waals surface area contributed by atoms with Crippen molar-refractivity contribution in [3.05, 3.63) is 59.5 Å². The van der Waals surface area contributed by atoms with Crippen molar-refractivity contribution in [2.75, 3.05) is 36.5 Å². The highest BCUT2D eigenvalue weighted by Crippen LogP contribution is 2.27. The van der Waals surface area contributed by atoms with Gasteiger partial charge in [-0.1, -0.05) is 17.3 Å². The summed E-state index contributed by atoms with van der Waals surface area (Å²) in [6.07, 6.45) is 3.14. The highest BCUT2D eigenvalue weighted by molar-refractivity contribution is 6.04. The van der Waals surface area contributed by atoms with Gasteiger partial charge in [-0.05, 0) is 43.2 Å². The maximum Gasteiger partial charge on any atom is 0.410 e. The minimum Gasteiger partial charge on any atom is -0.447 e. The number of carbonyl (C=O) groups is 2. The number of nitrogens with zero attached hydrogens (tertiary/aromatic N) is 6. The first-order valence-electron chi connectivity index (χ1n) is 11.3. The van der Waals surface area contributed by atoms with Crippen LogP contribution in [0.25, 0.3) is 17.0 Å². The molecule has 11 nitrogen and oxygen atoms in total. The fourth-order valence-electron chi connectivity index (χ4n) is 4.46. The number of nitrogens with one attached hydrogen (secondary N) is 1. The largest absolute Gasteiger partial charge is 0.447 e. The molecule has 0 aliphatic carbocycles. The first kappa shape index (κ1) is 21.1. The number of hydrogen-bond acceptors (Lipinski definition) is 8. The Balaban J connectivity index is 1.21. The second kappa shape index (κ2) is 8.12. The molecule has 5 heterocycles. The van der Waals surface area contributed by atoms with Gasteiger partial charge in [-0.2, -0.15) is 4.98 Å². The molecule has 0 saturated carbocycles. The van der Waals surface area contributed by atoms with Crippen LogP contribution in [-0.4, -0.2) is 68.7 Å². The molecule has 3 aromatic heterocycles. The Bertz CT molecular complexity index is 1460. The lowest BCUT2D eigenvalue weighted by Gasteiger charge is -2.33. The topological polar surface area (TPSA) is 118 Å². The number of piperazine rings is 1. The number of hydrogen-bond donors (Lipinski definition) is 1. The van der Waals surface area contributed by atoms with Gasteiger partial charge in [0.05, 0.1) is 12.2 Å². The number of carbonyl (C=O) groups excluding carboxylic acids is 2. The number of cyclic esters (lactones) is 1. The van der Waals surface area contributed by atoms with Crippen LogP contribution in [0.3, 0.4) is 0 Å². The number of aryl methyl sites for hydroxylation is 2. The zero-order chi connectivity index (χ0) is 24.1. The molecule has 1 atom stereocenters. The molecule has 6 rings (SSSR count). The summed E-state index contributed by atoms with van der Waals surface area (Å²) < 4.78 is 12.4. The van der Waals surface area contributed by atoms with Crippen LogP contribution in [0.2, 0.25) is 0 Å². The summed E-state index contributed by atoms with van der Waals surface area (Å²) in [5.74, 6) is 0.156. The first-order valence-corrected chi connectivity index (χ1v) is 11.3. The van der Waals surface area contributed by atoms with E-state index in [0.717, 1.165) is 11.1 Å². The lowest BCUT2D eigenvalue weighted by atomic mass is 10.1. The molecule has 2 aliphatic rings. The van der Waals surface area contributed by atoms with E-state index in [1.807, 2.05) is 55.3 Å². The van der Waals surface area contributed by atoms with Gasteiger partial charge in [-0.3, -0.25) is 14.1 Å². The number of benzene rings is 1. The Morgan fingerprint density at radius 1 is 1.17 bits per heavy atom. The van der Waals surface area contributed by atoms with Gasteiger partial charge in [0.25, 0.3) is 5.91 Å². The first-order chi connectivity index (χ1) is 17.0. The molecule has 178 valence electrons. The van der Waals surface area contributed by atoms with Crippen molar-refractivity contribution in [3.63, 3.8) is 0 Å². The Hall–Kier alpha value is -4.41. The number of fused-ring (bicyclic) bond motifs is 2. The zero-order valence-electron chi connectivity index (χ0n) is 19.3. The molecule has 0 spiro atoms. The Morgan fingerprint density at radius 2 is 2.06 bits per heavy atom. The molecule has 2 saturated heterocycles. The van der Waals surface area contributed by atoms with Crippen molar-refractivity contribution in [2.45, 2.75) is 19.9 Å². The van der Waals surface area contributed by atoms with E-state index in [4.69, 9.17) is 9.26 Å². The zero-order valence-corrected chi connectivity index (χ0v) is 19.3. The van der Waals surface area contributed by atoms with Crippen molar-refractivity contribution in [3.8, 4) is 11.4 Å². The SMILES string of the molecule is Cc1ccn2c(C(=O)Nc3cc(-c4noc(N5CCN6C(=O)OC[C@@H]6C5)n4)ccc3C)cnc2c1. The Kier molecular flexibility index (Phi) is 4.90. The summed E-state index contributed by atoms with van der Waals surface area (Å²) in [4.78, 5) is 37.4. The van der Waals surface area contributed by atoms with E-state index in [0.29, 0.717) is 60.7 Å². The monoisotopic (exact) mass is 473 g/mol. The molecule has 2 amide bonds. The third-order valence-corrected chi connectivity index (χ3v) is 6.45. The molecule has 2 aliphatic heterocycles. The van der Waals surface area contributed by atoms with Gasteiger partial charge in [-0.25, -0.2) is 9.78 Å². The molecule has 0 radical (unpaired) electrons.